The van der Waals surface area contributed by atoms with Crippen LogP contribution in [0.4, 0.5) is 4.39 Å². The molecule has 1 fully saturated rings. The summed E-state index contributed by atoms with van der Waals surface area (Å²) in [4.78, 5) is 13.1. The number of ketones is 1. The molecule has 0 radical (unpaired) electrons. The number of carbonyl (C=O) groups is 1. The Morgan fingerprint density at radius 2 is 1.82 bits per heavy atom. The Morgan fingerprint density at radius 1 is 1.11 bits per heavy atom. The van der Waals surface area contributed by atoms with Gasteiger partial charge in [0.2, 0.25) is 11.7 Å². The molecule has 1 aliphatic rings. The fourth-order valence-corrected chi connectivity index (χ4v) is 4.07. The summed E-state index contributed by atoms with van der Waals surface area (Å²) in [6.45, 7) is 1.71. The highest BCUT2D eigenvalue weighted by molar-refractivity contribution is 6.13. The van der Waals surface area contributed by atoms with Gasteiger partial charge in [-0.3, -0.25) is 4.79 Å². The average Bonchev–Trinajstić information content (AvgIpc) is 3.24. The number of furan rings is 1. The van der Waals surface area contributed by atoms with Gasteiger partial charge in [-0.05, 0) is 44.0 Å². The molecule has 0 aliphatic heterocycles. The molecule has 5 nitrogen and oxygen atoms in total. The average molecular weight is 383 g/mol. The predicted octanol–water partition coefficient (Wildman–Crippen LogP) is 5.34. The van der Waals surface area contributed by atoms with Crippen LogP contribution in [0.3, 0.4) is 0 Å². The third-order valence-electron chi connectivity index (χ3n) is 5.41. The zero-order chi connectivity index (χ0) is 19.8. The van der Waals surface area contributed by atoms with Gasteiger partial charge in [-0.15, -0.1) is 0 Å². The Hall–Kier alpha value is -3.02. The van der Waals surface area contributed by atoms with Crippen LogP contribution in [0.2, 0.25) is 0 Å². The molecule has 0 atom stereocenters. The van der Waals surface area contributed by atoms with Crippen LogP contribution in [0, 0.1) is 12.7 Å². The van der Waals surface area contributed by atoms with Crippen molar-refractivity contribution in [2.45, 2.75) is 45.1 Å². The van der Waals surface area contributed by atoms with Gasteiger partial charge in [0, 0.05) is 11.6 Å². The second-order valence-electron chi connectivity index (χ2n) is 7.28. The lowest BCUT2D eigenvalue weighted by molar-refractivity contribution is 0.101. The first-order valence-electron chi connectivity index (χ1n) is 9.51. The maximum atomic E-state index is 14.7. The molecule has 0 amide bonds. The number of hydrogen-bond acceptors (Lipinski definition) is 4. The van der Waals surface area contributed by atoms with Crippen molar-refractivity contribution in [1.29, 1.82) is 0 Å². The number of aryl methyl sites for hydroxylation is 1. The second kappa shape index (κ2) is 7.19. The predicted molar refractivity (Wildman–Crippen MR) is 102 cm³/mol. The maximum Gasteiger partial charge on any atom is 0.236 e. The van der Waals surface area contributed by atoms with Crippen LogP contribution in [0.5, 0.6) is 11.6 Å². The highest BCUT2D eigenvalue weighted by Crippen LogP contribution is 2.47. The SMILES string of the molecule is Cc1ccc(C(=O)c2c(O)c(O)n(C3CCCCC3)c2-c2ccccc2F)o1. The number of halogens is 1. The lowest BCUT2D eigenvalue weighted by Crippen LogP contribution is -2.15. The molecule has 1 saturated carbocycles. The lowest BCUT2D eigenvalue weighted by Gasteiger charge is -2.26. The second-order valence-corrected chi connectivity index (χ2v) is 7.28. The first-order valence-corrected chi connectivity index (χ1v) is 9.51. The molecule has 1 aromatic carbocycles. The van der Waals surface area contributed by atoms with Crippen molar-refractivity contribution in [1.82, 2.24) is 4.57 Å². The number of aromatic hydroxyl groups is 2. The van der Waals surface area contributed by atoms with Gasteiger partial charge < -0.3 is 19.2 Å². The highest BCUT2D eigenvalue weighted by atomic mass is 19.1. The van der Waals surface area contributed by atoms with E-state index in [1.807, 2.05) is 0 Å². The minimum absolute atomic E-state index is 0.0335. The normalized spacial score (nSPS) is 15.1. The van der Waals surface area contributed by atoms with E-state index in [-0.39, 0.29) is 28.6 Å². The van der Waals surface area contributed by atoms with Gasteiger partial charge >= 0.3 is 0 Å². The molecular formula is C22H22FNO4. The quantitative estimate of drug-likeness (QED) is 0.596. The number of carbonyl (C=O) groups excluding carboxylic acids is 1. The molecule has 0 unspecified atom stereocenters. The fourth-order valence-electron chi connectivity index (χ4n) is 4.07. The number of hydrogen-bond donors (Lipinski definition) is 2. The third kappa shape index (κ3) is 2.99. The van der Waals surface area contributed by atoms with Gasteiger partial charge in [-0.1, -0.05) is 31.4 Å². The summed E-state index contributed by atoms with van der Waals surface area (Å²) in [6.07, 6.45) is 4.62. The molecule has 0 spiro atoms. The van der Waals surface area contributed by atoms with Crippen molar-refractivity contribution in [3.8, 4) is 22.9 Å². The molecular weight excluding hydrogens is 361 g/mol. The zero-order valence-electron chi connectivity index (χ0n) is 15.6. The molecule has 2 N–H and O–H groups in total. The summed E-state index contributed by atoms with van der Waals surface area (Å²) in [7, 11) is 0. The van der Waals surface area contributed by atoms with Crippen molar-refractivity contribution in [2.75, 3.05) is 0 Å². The van der Waals surface area contributed by atoms with Crippen molar-refractivity contribution >= 4 is 5.78 Å². The minimum atomic E-state index is -0.589. The van der Waals surface area contributed by atoms with Crippen molar-refractivity contribution in [3.05, 3.63) is 59.3 Å². The Kier molecular flexibility index (Phi) is 4.71. The van der Waals surface area contributed by atoms with Gasteiger partial charge in [0.15, 0.2) is 11.5 Å². The van der Waals surface area contributed by atoms with Crippen molar-refractivity contribution < 1.29 is 23.8 Å². The summed E-state index contributed by atoms with van der Waals surface area (Å²) in [6, 6.07) is 9.11. The van der Waals surface area contributed by atoms with Crippen LogP contribution >= 0.6 is 0 Å². The monoisotopic (exact) mass is 383 g/mol. The smallest absolute Gasteiger partial charge is 0.236 e. The molecule has 28 heavy (non-hydrogen) atoms. The first kappa shape index (κ1) is 18.3. The number of aromatic nitrogens is 1. The van der Waals surface area contributed by atoms with Gasteiger partial charge in [0.1, 0.15) is 11.6 Å². The molecule has 0 bridgehead atoms. The first-order chi connectivity index (χ1) is 13.5. The Labute approximate surface area is 162 Å². The summed E-state index contributed by atoms with van der Waals surface area (Å²) >= 11 is 0. The zero-order valence-corrected chi connectivity index (χ0v) is 15.6. The highest BCUT2D eigenvalue weighted by Gasteiger charge is 2.34. The standard InChI is InChI=1S/C22H22FNO4/c1-13-11-12-17(28-13)20(25)18-19(15-9-5-6-10-16(15)23)24(22(27)21(18)26)14-7-3-2-4-8-14/h5-6,9-12,14,26-27H,2-4,7-8H2,1H3. The van der Waals surface area contributed by atoms with E-state index < -0.39 is 23.2 Å². The number of rotatable bonds is 4. The van der Waals surface area contributed by atoms with E-state index >= 15 is 0 Å². The van der Waals surface area contributed by atoms with Gasteiger partial charge in [0.05, 0.1) is 11.3 Å². The van der Waals surface area contributed by atoms with Crippen LogP contribution < -0.4 is 0 Å². The molecule has 2 aromatic heterocycles. The van der Waals surface area contributed by atoms with E-state index in [0.29, 0.717) is 5.76 Å². The Morgan fingerprint density at radius 3 is 2.46 bits per heavy atom. The topological polar surface area (TPSA) is 75.6 Å². The molecule has 6 heteroatoms. The number of benzene rings is 1. The third-order valence-corrected chi connectivity index (χ3v) is 5.41. The summed E-state index contributed by atoms with van der Waals surface area (Å²) in [5.41, 5.74) is 0.219. The van der Waals surface area contributed by atoms with E-state index in [2.05, 4.69) is 0 Å². The summed E-state index contributed by atoms with van der Waals surface area (Å²) in [5, 5.41) is 21.4. The van der Waals surface area contributed by atoms with E-state index in [0.717, 1.165) is 32.1 Å². The van der Waals surface area contributed by atoms with Crippen LogP contribution in [-0.4, -0.2) is 20.6 Å². The van der Waals surface area contributed by atoms with Crippen LogP contribution in [0.15, 0.2) is 40.8 Å². The largest absolute Gasteiger partial charge is 0.503 e. The summed E-state index contributed by atoms with van der Waals surface area (Å²) < 4.78 is 21.7. The molecule has 1 aliphatic carbocycles. The minimum Gasteiger partial charge on any atom is -0.503 e. The summed E-state index contributed by atoms with van der Waals surface area (Å²) in [5.74, 6) is -1.48. The molecule has 146 valence electrons. The molecule has 3 aromatic rings. The number of nitrogens with zero attached hydrogens (tertiary/aromatic N) is 1. The molecule has 4 rings (SSSR count). The van der Waals surface area contributed by atoms with E-state index in [1.165, 1.54) is 16.7 Å². The van der Waals surface area contributed by atoms with Gasteiger partial charge in [-0.25, -0.2) is 4.39 Å². The Balaban J connectivity index is 1.97. The molecule has 2 heterocycles. The van der Waals surface area contributed by atoms with E-state index in [1.54, 1.807) is 31.2 Å². The van der Waals surface area contributed by atoms with E-state index in [9.17, 15) is 19.4 Å². The van der Waals surface area contributed by atoms with E-state index in [4.69, 9.17) is 4.42 Å². The van der Waals surface area contributed by atoms with Crippen LogP contribution in [0.25, 0.3) is 11.3 Å². The fraction of sp³-hybridized carbons (Fsp3) is 0.318. The van der Waals surface area contributed by atoms with Crippen molar-refractivity contribution in [2.24, 2.45) is 0 Å². The van der Waals surface area contributed by atoms with Crippen LogP contribution in [0.1, 0.15) is 60.0 Å². The maximum absolute atomic E-state index is 14.7. The Bertz CT molecular complexity index is 1030. The van der Waals surface area contributed by atoms with Crippen molar-refractivity contribution in [3.63, 3.8) is 0 Å². The lowest BCUT2D eigenvalue weighted by atomic mass is 9.94. The molecule has 0 saturated heterocycles. The van der Waals surface area contributed by atoms with Gasteiger partial charge in [0.25, 0.3) is 0 Å². The van der Waals surface area contributed by atoms with Crippen LogP contribution in [-0.2, 0) is 0 Å². The van der Waals surface area contributed by atoms with Gasteiger partial charge in [-0.2, -0.15) is 0 Å².